The molecule has 12 nitrogen and oxygen atoms in total. The van der Waals surface area contributed by atoms with E-state index in [4.69, 9.17) is 18.9 Å². The molecule has 63 heavy (non-hydrogen) atoms. The maximum atomic E-state index is 12.8. The van der Waals surface area contributed by atoms with E-state index in [-0.39, 0.29) is 19.4 Å². The second-order valence-electron chi connectivity index (χ2n) is 16.7. The summed E-state index contributed by atoms with van der Waals surface area (Å²) in [5, 5.41) is 30.9. The van der Waals surface area contributed by atoms with Crippen LogP contribution in [0.4, 0.5) is 0 Å². The molecule has 0 spiro atoms. The first kappa shape index (κ1) is 58.4. The van der Waals surface area contributed by atoms with Crippen molar-refractivity contribution in [2.24, 2.45) is 0 Å². The molecule has 6 atom stereocenters. The highest BCUT2D eigenvalue weighted by Gasteiger charge is 2.46. The van der Waals surface area contributed by atoms with Gasteiger partial charge in [0.15, 0.2) is 12.4 Å². The van der Waals surface area contributed by atoms with E-state index in [0.717, 1.165) is 96.3 Å². The molecular formula is C50H86O12S. The molecule has 1 aliphatic rings. The van der Waals surface area contributed by atoms with Gasteiger partial charge in [0.25, 0.3) is 10.1 Å². The average Bonchev–Trinajstić information content (AvgIpc) is 3.25. The Labute approximate surface area is 381 Å². The molecule has 0 aromatic carbocycles. The highest BCUT2D eigenvalue weighted by Crippen LogP contribution is 2.24. The van der Waals surface area contributed by atoms with E-state index in [0.29, 0.717) is 12.8 Å². The smallest absolute Gasteiger partial charge is 0.306 e. The van der Waals surface area contributed by atoms with Gasteiger partial charge in [0.05, 0.1) is 6.61 Å². The molecule has 1 saturated heterocycles. The van der Waals surface area contributed by atoms with Crippen molar-refractivity contribution in [2.75, 3.05) is 19.0 Å². The number of hydrogen-bond acceptors (Lipinski definition) is 11. The Balaban J connectivity index is 2.37. The van der Waals surface area contributed by atoms with Crippen LogP contribution < -0.4 is 0 Å². The lowest BCUT2D eigenvalue weighted by molar-refractivity contribution is -0.297. The van der Waals surface area contributed by atoms with E-state index in [9.17, 15) is 37.9 Å². The van der Waals surface area contributed by atoms with Crippen molar-refractivity contribution in [3.8, 4) is 0 Å². The Morgan fingerprint density at radius 2 is 1.00 bits per heavy atom. The summed E-state index contributed by atoms with van der Waals surface area (Å²) in [6.07, 6.45) is 39.8. The monoisotopic (exact) mass is 911 g/mol. The van der Waals surface area contributed by atoms with Gasteiger partial charge in [-0.2, -0.15) is 8.42 Å². The van der Waals surface area contributed by atoms with E-state index < -0.39 is 71.2 Å². The number of carbonyl (C=O) groups is 2. The van der Waals surface area contributed by atoms with Crippen LogP contribution in [0.2, 0.25) is 0 Å². The van der Waals surface area contributed by atoms with Crippen LogP contribution in [-0.4, -0.2) is 96.0 Å². The van der Waals surface area contributed by atoms with Gasteiger partial charge in [0.1, 0.15) is 36.8 Å². The van der Waals surface area contributed by atoms with Crippen molar-refractivity contribution >= 4 is 22.1 Å². The highest BCUT2D eigenvalue weighted by molar-refractivity contribution is 7.85. The standard InChI is InChI=1S/C50H86O12S/c1-3-5-7-9-11-13-15-17-18-19-20-21-22-23-24-25-26-27-29-31-33-35-37-39-46(52)61-43(41-60-50-49(55)48(54)47(53)44(62-50)42-63(56,57)58)40-59-45(51)38-36-34-32-30-28-16-14-12-10-8-6-4-2/h5,7,11-14,17-18,20-21,43-44,47-50,53-55H,3-4,6,8-10,15-16,19,22-42H2,1-2H3,(H,56,57,58)/b7-5-,13-11-,14-12-,18-17-,21-20-. The van der Waals surface area contributed by atoms with Crippen LogP contribution >= 0.6 is 0 Å². The van der Waals surface area contributed by atoms with Crippen LogP contribution in [0.15, 0.2) is 60.8 Å². The molecule has 4 N–H and O–H groups in total. The predicted molar refractivity (Wildman–Crippen MR) is 252 cm³/mol. The topological polar surface area (TPSA) is 186 Å². The third-order valence-corrected chi connectivity index (χ3v) is 11.6. The van der Waals surface area contributed by atoms with E-state index >= 15 is 0 Å². The molecule has 0 aliphatic carbocycles. The molecular weight excluding hydrogens is 825 g/mol. The predicted octanol–water partition coefficient (Wildman–Crippen LogP) is 10.5. The Morgan fingerprint density at radius 1 is 0.556 bits per heavy atom. The first-order valence-corrected chi connectivity index (χ1v) is 26.0. The largest absolute Gasteiger partial charge is 0.462 e. The van der Waals surface area contributed by atoms with E-state index in [1.807, 2.05) is 0 Å². The van der Waals surface area contributed by atoms with Crippen LogP contribution in [0.3, 0.4) is 0 Å². The van der Waals surface area contributed by atoms with Gasteiger partial charge in [0.2, 0.25) is 0 Å². The molecule has 0 saturated carbocycles. The van der Waals surface area contributed by atoms with Crippen molar-refractivity contribution in [3.63, 3.8) is 0 Å². The number of ether oxygens (including phenoxy) is 4. The van der Waals surface area contributed by atoms with Gasteiger partial charge in [-0.25, -0.2) is 0 Å². The lowest BCUT2D eigenvalue weighted by atomic mass is 10.00. The molecule has 1 heterocycles. The lowest BCUT2D eigenvalue weighted by Gasteiger charge is -2.40. The molecule has 364 valence electrons. The molecule has 1 fully saturated rings. The van der Waals surface area contributed by atoms with E-state index in [2.05, 4.69) is 74.6 Å². The summed E-state index contributed by atoms with van der Waals surface area (Å²) < 4.78 is 54.1. The molecule has 1 rings (SSSR count). The molecule has 0 amide bonds. The fourth-order valence-electron chi connectivity index (χ4n) is 7.07. The molecule has 0 aromatic heterocycles. The number of hydrogen-bond donors (Lipinski definition) is 4. The molecule has 0 radical (unpaired) electrons. The zero-order valence-electron chi connectivity index (χ0n) is 38.9. The maximum Gasteiger partial charge on any atom is 0.306 e. The highest BCUT2D eigenvalue weighted by atomic mass is 32.2. The van der Waals surface area contributed by atoms with Gasteiger partial charge in [0, 0.05) is 12.8 Å². The van der Waals surface area contributed by atoms with Crippen molar-refractivity contribution in [3.05, 3.63) is 60.8 Å². The Hall–Kier alpha value is -2.65. The van der Waals surface area contributed by atoms with Crippen LogP contribution in [0.5, 0.6) is 0 Å². The van der Waals surface area contributed by atoms with Gasteiger partial charge in [-0.3, -0.25) is 14.1 Å². The Kier molecular flexibility index (Phi) is 36.8. The third-order valence-electron chi connectivity index (χ3n) is 10.8. The minimum atomic E-state index is -4.61. The fourth-order valence-corrected chi connectivity index (χ4v) is 7.76. The summed E-state index contributed by atoms with van der Waals surface area (Å²) in [7, 11) is -4.61. The average molecular weight is 911 g/mol. The summed E-state index contributed by atoms with van der Waals surface area (Å²) in [5.41, 5.74) is 0. The number of carbonyl (C=O) groups excluding carboxylic acids is 2. The zero-order chi connectivity index (χ0) is 46.2. The summed E-state index contributed by atoms with van der Waals surface area (Å²) >= 11 is 0. The summed E-state index contributed by atoms with van der Waals surface area (Å²) in [6, 6.07) is 0. The quantitative estimate of drug-likeness (QED) is 0.0198. The van der Waals surface area contributed by atoms with Crippen LogP contribution in [0, 0.1) is 0 Å². The second kappa shape index (κ2) is 39.7. The minimum absolute atomic E-state index is 0.155. The third kappa shape index (κ3) is 34.4. The van der Waals surface area contributed by atoms with Crippen molar-refractivity contribution < 1.29 is 56.8 Å². The number of aliphatic hydroxyl groups excluding tert-OH is 3. The zero-order valence-corrected chi connectivity index (χ0v) is 39.7. The van der Waals surface area contributed by atoms with E-state index in [1.165, 1.54) is 51.4 Å². The summed E-state index contributed by atoms with van der Waals surface area (Å²) in [6.45, 7) is 3.61. The summed E-state index contributed by atoms with van der Waals surface area (Å²) in [4.78, 5) is 25.4. The lowest BCUT2D eigenvalue weighted by Crippen LogP contribution is -2.60. The van der Waals surface area contributed by atoms with Gasteiger partial charge < -0.3 is 34.3 Å². The van der Waals surface area contributed by atoms with Gasteiger partial charge in [-0.1, -0.05) is 158 Å². The van der Waals surface area contributed by atoms with Gasteiger partial charge in [-0.15, -0.1) is 0 Å². The van der Waals surface area contributed by atoms with Crippen molar-refractivity contribution in [2.45, 2.75) is 224 Å². The first-order valence-electron chi connectivity index (χ1n) is 24.3. The maximum absolute atomic E-state index is 12.8. The molecule has 0 bridgehead atoms. The first-order chi connectivity index (χ1) is 30.5. The van der Waals surface area contributed by atoms with E-state index in [1.54, 1.807) is 0 Å². The molecule has 1 aliphatic heterocycles. The number of esters is 2. The van der Waals surface area contributed by atoms with Gasteiger partial charge in [-0.05, 0) is 77.0 Å². The molecule has 0 aromatic rings. The molecule has 13 heteroatoms. The van der Waals surface area contributed by atoms with Crippen LogP contribution in [0.25, 0.3) is 0 Å². The molecule has 6 unspecified atom stereocenters. The second-order valence-corrected chi connectivity index (χ2v) is 18.2. The Morgan fingerprint density at radius 3 is 1.51 bits per heavy atom. The SMILES string of the molecule is CC/C=C\C/C=C\C/C=C\C/C=C\CCCCCCCCCCCCC(=O)OC(COC(=O)CCCCCCC/C=C\CCCCC)COC1OC(CS(=O)(=O)O)C(O)C(O)C1O. The number of allylic oxidation sites excluding steroid dienone is 10. The minimum Gasteiger partial charge on any atom is -0.462 e. The fraction of sp³-hybridized carbons (Fsp3) is 0.760. The van der Waals surface area contributed by atoms with Crippen molar-refractivity contribution in [1.29, 1.82) is 0 Å². The number of rotatable bonds is 40. The Bertz CT molecular complexity index is 1390. The summed E-state index contributed by atoms with van der Waals surface area (Å²) in [5.74, 6) is -2.00. The van der Waals surface area contributed by atoms with Crippen LogP contribution in [-0.2, 0) is 38.7 Å². The normalized spacial score (nSPS) is 20.3. The number of aliphatic hydroxyl groups is 3. The van der Waals surface area contributed by atoms with Gasteiger partial charge >= 0.3 is 11.9 Å². The number of unbranched alkanes of at least 4 members (excludes halogenated alkanes) is 18. The van der Waals surface area contributed by atoms with Crippen molar-refractivity contribution in [1.82, 2.24) is 0 Å². The van der Waals surface area contributed by atoms with Crippen LogP contribution in [0.1, 0.15) is 187 Å².